The Kier molecular flexibility index (Phi) is 10.2. The highest BCUT2D eigenvalue weighted by Gasteiger charge is 2.29. The number of nitrogens with one attached hydrogen (secondary N) is 2. The summed E-state index contributed by atoms with van der Waals surface area (Å²) in [5.74, 6) is -0.573. The van der Waals surface area contributed by atoms with Crippen LogP contribution in [0.25, 0.3) is 5.69 Å². The molecular weight excluding hydrogens is 677 g/mol. The molecule has 12 nitrogen and oxygen atoms in total. The van der Waals surface area contributed by atoms with Gasteiger partial charge in [0, 0.05) is 48.7 Å². The van der Waals surface area contributed by atoms with Crippen LogP contribution in [0.5, 0.6) is 0 Å². The summed E-state index contributed by atoms with van der Waals surface area (Å²) in [6.07, 6.45) is 3.65. The fourth-order valence-electron chi connectivity index (χ4n) is 6.45. The van der Waals surface area contributed by atoms with Crippen LogP contribution < -0.4 is 15.0 Å². The number of rotatable bonds is 10. The summed E-state index contributed by atoms with van der Waals surface area (Å²) in [6, 6.07) is 18.4. The number of carbonyl (C=O) groups is 1. The monoisotopic (exact) mass is 718 g/mol. The van der Waals surface area contributed by atoms with Crippen LogP contribution in [0.4, 0.5) is 11.4 Å². The Morgan fingerprint density at radius 3 is 2.28 bits per heavy atom. The van der Waals surface area contributed by atoms with Gasteiger partial charge in [-0.15, -0.1) is 0 Å². The largest absolute Gasteiger partial charge is 0.379 e. The minimum absolute atomic E-state index is 0.0516. The van der Waals surface area contributed by atoms with E-state index in [9.17, 15) is 21.6 Å². The fourth-order valence-corrected chi connectivity index (χ4v) is 9.06. The Morgan fingerprint density at radius 2 is 1.56 bits per heavy atom. The van der Waals surface area contributed by atoms with E-state index in [0.717, 1.165) is 65.4 Å². The van der Waals surface area contributed by atoms with Crippen molar-refractivity contribution in [3.63, 3.8) is 0 Å². The second-order valence-corrected chi connectivity index (χ2v) is 16.3. The fraction of sp³-hybridized carbons (Fsp3) is 0.333. The zero-order chi connectivity index (χ0) is 35.6. The van der Waals surface area contributed by atoms with E-state index >= 15 is 0 Å². The zero-order valence-corrected chi connectivity index (χ0v) is 30.3. The molecule has 2 fully saturated rings. The first-order valence-electron chi connectivity index (χ1n) is 16.5. The van der Waals surface area contributed by atoms with Crippen molar-refractivity contribution in [2.24, 2.45) is 5.10 Å². The highest BCUT2D eigenvalue weighted by Crippen LogP contribution is 2.34. The van der Waals surface area contributed by atoms with E-state index in [-0.39, 0.29) is 15.4 Å². The summed E-state index contributed by atoms with van der Waals surface area (Å²) < 4.78 is 65.0. The van der Waals surface area contributed by atoms with Crippen molar-refractivity contribution in [2.45, 2.75) is 50.3 Å². The number of hydrazone groups is 1. The van der Waals surface area contributed by atoms with E-state index in [1.807, 2.05) is 56.5 Å². The van der Waals surface area contributed by atoms with Crippen molar-refractivity contribution in [1.82, 2.24) is 14.3 Å². The molecule has 0 atom stereocenters. The average Bonchev–Trinajstić information content (AvgIpc) is 3.74. The van der Waals surface area contributed by atoms with E-state index in [1.54, 1.807) is 18.2 Å². The van der Waals surface area contributed by atoms with Gasteiger partial charge in [-0.05, 0) is 94.6 Å². The van der Waals surface area contributed by atoms with Crippen LogP contribution in [0, 0.1) is 27.7 Å². The van der Waals surface area contributed by atoms with Gasteiger partial charge in [0.2, 0.25) is 10.0 Å². The van der Waals surface area contributed by atoms with Gasteiger partial charge in [-0.1, -0.05) is 23.8 Å². The predicted octanol–water partition coefficient (Wildman–Crippen LogP) is 4.90. The molecule has 3 heterocycles. The third kappa shape index (κ3) is 7.33. The summed E-state index contributed by atoms with van der Waals surface area (Å²) in [5, 5.41) is 4.20. The molecule has 50 heavy (non-hydrogen) atoms. The maximum atomic E-state index is 13.6. The van der Waals surface area contributed by atoms with E-state index in [1.165, 1.54) is 34.8 Å². The van der Waals surface area contributed by atoms with Gasteiger partial charge >= 0.3 is 0 Å². The third-order valence-electron chi connectivity index (χ3n) is 9.12. The van der Waals surface area contributed by atoms with Crippen LogP contribution in [0.15, 0.2) is 81.6 Å². The van der Waals surface area contributed by atoms with Crippen LogP contribution in [0.2, 0.25) is 0 Å². The number of amides is 1. The standard InChI is InChI=1S/C36H42N6O6S2/c1-25-10-12-33(26(2)20-25)39-49(44,45)31-9-7-8-29(22-31)36(43)38-37-24-30-21-27(3)42(28(30)4)35-23-32(11-13-34(35)40-14-5-6-15-40)50(46,47)41-16-18-48-19-17-41/h7-13,20-24,39H,5-6,14-19H2,1-4H3,(H,38,43)/b37-24-. The van der Waals surface area contributed by atoms with E-state index in [0.29, 0.717) is 32.0 Å². The van der Waals surface area contributed by atoms with Gasteiger partial charge in [0.15, 0.2) is 0 Å². The lowest BCUT2D eigenvalue weighted by atomic mass is 10.1. The molecular formula is C36H42N6O6S2. The molecule has 3 aromatic carbocycles. The number of ether oxygens (including phenoxy) is 1. The van der Waals surface area contributed by atoms with Gasteiger partial charge in [-0.2, -0.15) is 9.41 Å². The van der Waals surface area contributed by atoms with Crippen LogP contribution in [0.1, 0.15) is 51.3 Å². The number of nitrogens with zero attached hydrogens (tertiary/aromatic N) is 4. The van der Waals surface area contributed by atoms with Crippen molar-refractivity contribution < 1.29 is 26.4 Å². The summed E-state index contributed by atoms with van der Waals surface area (Å²) in [5.41, 5.74) is 9.02. The zero-order valence-electron chi connectivity index (χ0n) is 28.6. The molecule has 1 amide bonds. The second kappa shape index (κ2) is 14.4. The minimum atomic E-state index is -3.95. The predicted molar refractivity (Wildman–Crippen MR) is 194 cm³/mol. The van der Waals surface area contributed by atoms with Gasteiger partial charge in [0.05, 0.1) is 46.3 Å². The molecule has 0 aliphatic carbocycles. The highest BCUT2D eigenvalue weighted by atomic mass is 32.2. The first-order valence-corrected chi connectivity index (χ1v) is 19.5. The smallest absolute Gasteiger partial charge is 0.271 e. The summed E-state index contributed by atoms with van der Waals surface area (Å²) >= 11 is 0. The number of sulfonamides is 2. The Hall–Kier alpha value is -4.50. The number of aryl methyl sites for hydroxylation is 3. The normalized spacial score (nSPS) is 15.9. The molecule has 2 saturated heterocycles. The molecule has 0 radical (unpaired) electrons. The number of hydrogen-bond acceptors (Lipinski definition) is 8. The SMILES string of the molecule is Cc1ccc(NS(=O)(=O)c2cccc(C(=O)N/N=C\c3cc(C)n(-c4cc(S(=O)(=O)N5CCOCC5)ccc4N4CCCC4)c3C)c2)c(C)c1. The Bertz CT molecular complexity index is 2170. The molecule has 0 bridgehead atoms. The van der Waals surface area contributed by atoms with Gasteiger partial charge in [0.25, 0.3) is 15.9 Å². The second-order valence-electron chi connectivity index (χ2n) is 12.7. The summed E-state index contributed by atoms with van der Waals surface area (Å²) in [6.45, 7) is 10.7. The average molecular weight is 719 g/mol. The quantitative estimate of drug-likeness (QED) is 0.176. The first kappa shape index (κ1) is 35.3. The van der Waals surface area contributed by atoms with Crippen molar-refractivity contribution in [3.05, 3.63) is 100 Å². The molecule has 0 saturated carbocycles. The van der Waals surface area contributed by atoms with Crippen molar-refractivity contribution in [3.8, 4) is 5.69 Å². The van der Waals surface area contributed by atoms with Crippen molar-refractivity contribution in [1.29, 1.82) is 0 Å². The molecule has 0 unspecified atom stereocenters. The van der Waals surface area contributed by atoms with E-state index < -0.39 is 26.0 Å². The number of aromatic nitrogens is 1. The Labute approximate surface area is 293 Å². The molecule has 14 heteroatoms. The van der Waals surface area contributed by atoms with Gasteiger partial charge < -0.3 is 14.2 Å². The van der Waals surface area contributed by atoms with Gasteiger partial charge in [-0.3, -0.25) is 9.52 Å². The van der Waals surface area contributed by atoms with Crippen LogP contribution in [-0.2, 0) is 24.8 Å². The lowest BCUT2D eigenvalue weighted by Gasteiger charge is -2.28. The molecule has 2 N–H and O–H groups in total. The lowest BCUT2D eigenvalue weighted by molar-refractivity contribution is 0.0730. The molecule has 6 rings (SSSR count). The number of carbonyl (C=O) groups excluding carboxylic acids is 1. The summed E-state index contributed by atoms with van der Waals surface area (Å²) in [7, 11) is -7.68. The van der Waals surface area contributed by atoms with Crippen LogP contribution in [-0.4, -0.2) is 77.2 Å². The molecule has 0 spiro atoms. The van der Waals surface area contributed by atoms with Crippen molar-refractivity contribution >= 4 is 43.5 Å². The Balaban J connectivity index is 1.24. The van der Waals surface area contributed by atoms with E-state index in [2.05, 4.69) is 20.1 Å². The Morgan fingerprint density at radius 1 is 0.820 bits per heavy atom. The van der Waals surface area contributed by atoms with Crippen LogP contribution >= 0.6 is 0 Å². The third-order valence-corrected chi connectivity index (χ3v) is 12.4. The van der Waals surface area contributed by atoms with Crippen molar-refractivity contribution in [2.75, 3.05) is 49.0 Å². The summed E-state index contributed by atoms with van der Waals surface area (Å²) in [4.78, 5) is 15.5. The topological polar surface area (TPSA) is 142 Å². The minimum Gasteiger partial charge on any atom is -0.379 e. The number of morpholine rings is 1. The maximum absolute atomic E-state index is 13.6. The number of anilines is 2. The van der Waals surface area contributed by atoms with Crippen LogP contribution in [0.3, 0.4) is 0 Å². The maximum Gasteiger partial charge on any atom is 0.271 e. The molecule has 1 aromatic heterocycles. The number of hydrogen-bond donors (Lipinski definition) is 2. The van der Waals surface area contributed by atoms with Gasteiger partial charge in [-0.25, -0.2) is 22.3 Å². The highest BCUT2D eigenvalue weighted by molar-refractivity contribution is 7.92. The van der Waals surface area contributed by atoms with E-state index in [4.69, 9.17) is 4.74 Å². The first-order chi connectivity index (χ1) is 23.8. The molecule has 4 aromatic rings. The molecule has 2 aliphatic rings. The molecule has 264 valence electrons. The number of benzene rings is 3. The lowest BCUT2D eigenvalue weighted by Crippen LogP contribution is -2.40. The van der Waals surface area contributed by atoms with Gasteiger partial charge in [0.1, 0.15) is 0 Å². The molecule has 2 aliphatic heterocycles.